The molecule has 2 heteroatoms. The highest BCUT2D eigenvalue weighted by molar-refractivity contribution is 7.12. The highest BCUT2D eigenvalue weighted by atomic mass is 32.1. The summed E-state index contributed by atoms with van der Waals surface area (Å²) in [5, 5.41) is 3.73. The maximum atomic E-state index is 3.73. The van der Waals surface area contributed by atoms with Crippen molar-refractivity contribution in [3.8, 4) is 0 Å². The molecule has 1 aromatic carbocycles. The molecule has 0 bridgehead atoms. The smallest absolute Gasteiger partial charge is 0.0458 e. The van der Waals surface area contributed by atoms with Crippen LogP contribution in [0.5, 0.6) is 0 Å². The zero-order valence-corrected chi connectivity index (χ0v) is 14.7. The molecule has 1 aromatic heterocycles. The van der Waals surface area contributed by atoms with Gasteiger partial charge in [-0.2, -0.15) is 0 Å². The molecule has 0 fully saturated rings. The molecule has 0 aliphatic rings. The summed E-state index contributed by atoms with van der Waals surface area (Å²) < 4.78 is 0. The first-order valence-corrected chi connectivity index (χ1v) is 8.69. The Bertz CT molecular complexity index is 598. The van der Waals surface area contributed by atoms with Gasteiger partial charge in [-0.15, -0.1) is 11.3 Å². The third kappa shape index (κ3) is 4.18. The van der Waals surface area contributed by atoms with E-state index in [0.29, 0.717) is 6.04 Å². The molecule has 0 aliphatic heterocycles. The van der Waals surface area contributed by atoms with Gasteiger partial charge in [0.15, 0.2) is 0 Å². The number of nitrogens with one attached hydrogen (secondary N) is 1. The Hall–Kier alpha value is -1.12. The van der Waals surface area contributed by atoms with Gasteiger partial charge in [-0.3, -0.25) is 0 Å². The molecular weight excluding hydrogens is 274 g/mol. The molecule has 0 saturated carbocycles. The third-order valence-electron chi connectivity index (χ3n) is 4.05. The van der Waals surface area contributed by atoms with E-state index in [-0.39, 0.29) is 0 Å². The lowest BCUT2D eigenvalue weighted by molar-refractivity contribution is 0.534. The molecule has 1 nitrogen and oxygen atoms in total. The van der Waals surface area contributed by atoms with E-state index in [4.69, 9.17) is 0 Å². The van der Waals surface area contributed by atoms with Crippen molar-refractivity contribution in [2.45, 2.75) is 53.5 Å². The fourth-order valence-corrected chi connectivity index (χ4v) is 3.86. The number of hydrogen-bond donors (Lipinski definition) is 1. The predicted molar refractivity (Wildman–Crippen MR) is 94.4 cm³/mol. The summed E-state index contributed by atoms with van der Waals surface area (Å²) in [7, 11) is 0. The van der Waals surface area contributed by atoms with Gasteiger partial charge in [-0.25, -0.2) is 0 Å². The molecule has 21 heavy (non-hydrogen) atoms. The van der Waals surface area contributed by atoms with Crippen molar-refractivity contribution in [1.29, 1.82) is 0 Å². The van der Waals surface area contributed by atoms with Crippen molar-refractivity contribution in [2.75, 3.05) is 6.54 Å². The number of rotatable bonds is 6. The molecular formula is C19H27NS. The van der Waals surface area contributed by atoms with Crippen LogP contribution < -0.4 is 5.32 Å². The van der Waals surface area contributed by atoms with Crippen LogP contribution in [0.4, 0.5) is 0 Å². The van der Waals surface area contributed by atoms with Crippen LogP contribution in [0.2, 0.25) is 0 Å². The summed E-state index contributed by atoms with van der Waals surface area (Å²) in [6.07, 6.45) is 2.24. The van der Waals surface area contributed by atoms with E-state index >= 15 is 0 Å². The maximum Gasteiger partial charge on any atom is 0.0458 e. The largest absolute Gasteiger partial charge is 0.309 e. The third-order valence-corrected chi connectivity index (χ3v) is 5.31. The first kappa shape index (κ1) is 16.3. The minimum atomic E-state index is 0.436. The lowest BCUT2D eigenvalue weighted by Crippen LogP contribution is -2.24. The topological polar surface area (TPSA) is 12.0 Å². The van der Waals surface area contributed by atoms with Gasteiger partial charge >= 0.3 is 0 Å². The van der Waals surface area contributed by atoms with Crippen LogP contribution in [0.25, 0.3) is 0 Å². The fourth-order valence-electron chi connectivity index (χ4n) is 2.75. The molecule has 1 atom stereocenters. The van der Waals surface area contributed by atoms with Crippen LogP contribution in [0.3, 0.4) is 0 Å². The van der Waals surface area contributed by atoms with Crippen molar-refractivity contribution in [3.05, 3.63) is 56.3 Å². The molecule has 0 radical (unpaired) electrons. The van der Waals surface area contributed by atoms with Gasteiger partial charge in [0, 0.05) is 15.8 Å². The lowest BCUT2D eigenvalue weighted by Gasteiger charge is -2.19. The standard InChI is InChI=1S/C19H27NS/c1-6-9-20-18(19-15(4)10-16(5)21-19)12-17-8-7-13(2)14(3)11-17/h7-8,10-11,18,20H,6,9,12H2,1-5H3. The predicted octanol–water partition coefficient (Wildman–Crippen LogP) is 5.27. The van der Waals surface area contributed by atoms with Crippen LogP contribution in [0.1, 0.15) is 51.4 Å². The van der Waals surface area contributed by atoms with E-state index in [1.807, 2.05) is 11.3 Å². The lowest BCUT2D eigenvalue weighted by atomic mass is 9.99. The van der Waals surface area contributed by atoms with Crippen molar-refractivity contribution >= 4 is 11.3 Å². The molecule has 0 spiro atoms. The molecule has 2 aromatic rings. The van der Waals surface area contributed by atoms with E-state index in [2.05, 4.69) is 64.2 Å². The van der Waals surface area contributed by atoms with E-state index in [0.717, 1.165) is 13.0 Å². The average Bonchev–Trinajstić information content (AvgIpc) is 2.77. The Balaban J connectivity index is 2.23. The monoisotopic (exact) mass is 301 g/mol. The van der Waals surface area contributed by atoms with Crippen molar-refractivity contribution in [2.24, 2.45) is 0 Å². The summed E-state index contributed by atoms with van der Waals surface area (Å²) in [6.45, 7) is 12.1. The van der Waals surface area contributed by atoms with Crippen molar-refractivity contribution < 1.29 is 0 Å². The van der Waals surface area contributed by atoms with Gasteiger partial charge in [0.25, 0.3) is 0 Å². The zero-order valence-electron chi connectivity index (χ0n) is 13.9. The van der Waals surface area contributed by atoms with Crippen LogP contribution in [-0.4, -0.2) is 6.54 Å². The Morgan fingerprint density at radius 3 is 2.33 bits per heavy atom. The van der Waals surface area contributed by atoms with E-state index < -0.39 is 0 Å². The van der Waals surface area contributed by atoms with E-state index in [1.54, 1.807) is 0 Å². The molecule has 1 N–H and O–H groups in total. The average molecular weight is 301 g/mol. The highest BCUT2D eigenvalue weighted by Crippen LogP contribution is 2.30. The van der Waals surface area contributed by atoms with Gasteiger partial charge in [0.05, 0.1) is 0 Å². The summed E-state index contributed by atoms with van der Waals surface area (Å²) in [6, 6.07) is 9.60. The van der Waals surface area contributed by atoms with Crippen LogP contribution in [0.15, 0.2) is 24.3 Å². The summed E-state index contributed by atoms with van der Waals surface area (Å²) in [5.74, 6) is 0. The Morgan fingerprint density at radius 2 is 1.76 bits per heavy atom. The highest BCUT2D eigenvalue weighted by Gasteiger charge is 2.16. The quantitative estimate of drug-likeness (QED) is 0.767. The van der Waals surface area contributed by atoms with Gasteiger partial charge in [0.2, 0.25) is 0 Å². The minimum absolute atomic E-state index is 0.436. The molecule has 1 unspecified atom stereocenters. The summed E-state index contributed by atoms with van der Waals surface area (Å²) in [5.41, 5.74) is 5.62. The van der Waals surface area contributed by atoms with Crippen LogP contribution in [-0.2, 0) is 6.42 Å². The van der Waals surface area contributed by atoms with Crippen molar-refractivity contribution in [3.63, 3.8) is 0 Å². The van der Waals surface area contributed by atoms with E-state index in [1.165, 1.54) is 38.4 Å². The SMILES string of the molecule is CCCNC(Cc1ccc(C)c(C)c1)c1sc(C)cc1C. The molecule has 0 saturated heterocycles. The Labute approximate surface area is 133 Å². The van der Waals surface area contributed by atoms with Gasteiger partial charge in [0.1, 0.15) is 0 Å². The molecule has 0 aliphatic carbocycles. The van der Waals surface area contributed by atoms with Gasteiger partial charge in [-0.05, 0) is 75.4 Å². The number of hydrogen-bond acceptors (Lipinski definition) is 2. The Morgan fingerprint density at radius 1 is 1.00 bits per heavy atom. The zero-order chi connectivity index (χ0) is 15.4. The molecule has 0 amide bonds. The second kappa shape index (κ2) is 7.24. The normalized spacial score (nSPS) is 12.6. The summed E-state index contributed by atoms with van der Waals surface area (Å²) >= 11 is 1.94. The first-order valence-electron chi connectivity index (χ1n) is 7.87. The van der Waals surface area contributed by atoms with Crippen LogP contribution >= 0.6 is 11.3 Å². The number of benzene rings is 1. The first-order chi connectivity index (χ1) is 10.0. The summed E-state index contributed by atoms with van der Waals surface area (Å²) in [4.78, 5) is 2.91. The fraction of sp³-hybridized carbons (Fsp3) is 0.474. The Kier molecular flexibility index (Phi) is 5.60. The molecule has 2 rings (SSSR count). The molecule has 1 heterocycles. The van der Waals surface area contributed by atoms with Gasteiger partial charge < -0.3 is 5.32 Å². The van der Waals surface area contributed by atoms with Crippen molar-refractivity contribution in [1.82, 2.24) is 5.32 Å². The number of aryl methyl sites for hydroxylation is 4. The number of thiophene rings is 1. The second-order valence-corrected chi connectivity index (χ2v) is 7.32. The molecule has 114 valence electrons. The van der Waals surface area contributed by atoms with E-state index in [9.17, 15) is 0 Å². The van der Waals surface area contributed by atoms with Gasteiger partial charge in [-0.1, -0.05) is 25.1 Å². The maximum absolute atomic E-state index is 3.73. The minimum Gasteiger partial charge on any atom is -0.309 e. The van der Waals surface area contributed by atoms with Crippen LogP contribution in [0, 0.1) is 27.7 Å². The second-order valence-electron chi connectivity index (χ2n) is 6.03.